The van der Waals surface area contributed by atoms with E-state index in [0.29, 0.717) is 10.8 Å². The van der Waals surface area contributed by atoms with Crippen molar-refractivity contribution in [3.8, 4) is 5.75 Å². The van der Waals surface area contributed by atoms with E-state index in [1.807, 2.05) is 43.3 Å². The fourth-order valence-corrected chi connectivity index (χ4v) is 1.87. The Bertz CT molecular complexity index is 669. The molecule has 4 nitrogen and oxygen atoms in total. The highest BCUT2D eigenvalue weighted by Crippen LogP contribution is 2.17. The summed E-state index contributed by atoms with van der Waals surface area (Å²) in [6.45, 7) is 3.61. The molecule has 22 heavy (non-hydrogen) atoms. The summed E-state index contributed by atoms with van der Waals surface area (Å²) < 4.78 is 5.62. The van der Waals surface area contributed by atoms with Gasteiger partial charge in [0.2, 0.25) is 0 Å². The molecular formula is C17H17ClN2O2. The maximum atomic E-state index is 11.9. The Morgan fingerprint density at radius 3 is 2.59 bits per heavy atom. The largest absolute Gasteiger partial charge is 0.481 e. The molecule has 1 N–H and O–H groups in total. The average molecular weight is 317 g/mol. The molecule has 0 aliphatic rings. The highest BCUT2D eigenvalue weighted by Gasteiger charge is 2.14. The summed E-state index contributed by atoms with van der Waals surface area (Å²) in [5.41, 5.74) is 4.28. The molecule has 0 radical (unpaired) electrons. The van der Waals surface area contributed by atoms with Crippen LogP contribution in [0.3, 0.4) is 0 Å². The standard InChI is InChI=1S/C17H17ClN2O2/c1-12-5-3-4-6-16(12)22-13(2)17(21)20-19-11-14-7-9-15(18)10-8-14/h3-11,13H,1-2H3,(H,20,21)/b19-11+. The second-order valence-electron chi connectivity index (χ2n) is 4.81. The Morgan fingerprint density at radius 1 is 1.23 bits per heavy atom. The van der Waals surface area contributed by atoms with Gasteiger partial charge in [0.15, 0.2) is 6.10 Å². The Kier molecular flexibility index (Phi) is 5.55. The third-order valence-corrected chi connectivity index (χ3v) is 3.28. The predicted octanol–water partition coefficient (Wildman–Crippen LogP) is 3.57. The van der Waals surface area contributed by atoms with Gasteiger partial charge in [-0.15, -0.1) is 0 Å². The molecule has 5 heteroatoms. The zero-order valence-electron chi connectivity index (χ0n) is 12.4. The number of nitrogens with one attached hydrogen (secondary N) is 1. The molecule has 114 valence electrons. The van der Waals surface area contributed by atoms with Crippen LogP contribution < -0.4 is 10.2 Å². The van der Waals surface area contributed by atoms with E-state index in [-0.39, 0.29) is 5.91 Å². The quantitative estimate of drug-likeness (QED) is 0.677. The Balaban J connectivity index is 1.89. The minimum Gasteiger partial charge on any atom is -0.481 e. The van der Waals surface area contributed by atoms with E-state index in [0.717, 1.165) is 11.1 Å². The van der Waals surface area contributed by atoms with Crippen LogP contribution in [0.2, 0.25) is 5.02 Å². The van der Waals surface area contributed by atoms with E-state index < -0.39 is 6.10 Å². The number of aryl methyl sites for hydroxylation is 1. The maximum absolute atomic E-state index is 11.9. The van der Waals surface area contributed by atoms with Gasteiger partial charge in [-0.05, 0) is 43.2 Å². The van der Waals surface area contributed by atoms with Crippen molar-refractivity contribution in [2.45, 2.75) is 20.0 Å². The van der Waals surface area contributed by atoms with Gasteiger partial charge in [-0.1, -0.05) is 41.9 Å². The zero-order valence-corrected chi connectivity index (χ0v) is 13.2. The molecular weight excluding hydrogens is 300 g/mol. The van der Waals surface area contributed by atoms with Crippen LogP contribution in [-0.4, -0.2) is 18.2 Å². The number of benzene rings is 2. The summed E-state index contributed by atoms with van der Waals surface area (Å²) >= 11 is 5.80. The fraction of sp³-hybridized carbons (Fsp3) is 0.176. The summed E-state index contributed by atoms with van der Waals surface area (Å²) in [6.07, 6.45) is 0.915. The van der Waals surface area contributed by atoms with E-state index in [1.54, 1.807) is 25.3 Å². The number of rotatable bonds is 5. The van der Waals surface area contributed by atoms with E-state index in [9.17, 15) is 4.79 Å². The van der Waals surface area contributed by atoms with Gasteiger partial charge in [0, 0.05) is 5.02 Å². The van der Waals surface area contributed by atoms with Gasteiger partial charge in [0.25, 0.3) is 5.91 Å². The number of hydrogen-bond acceptors (Lipinski definition) is 3. The molecule has 0 spiro atoms. The van der Waals surface area contributed by atoms with Crippen molar-refractivity contribution in [1.29, 1.82) is 0 Å². The van der Waals surface area contributed by atoms with Crippen LogP contribution in [0, 0.1) is 6.92 Å². The number of halogens is 1. The molecule has 1 unspecified atom stereocenters. The molecule has 2 aromatic rings. The van der Waals surface area contributed by atoms with Crippen LogP contribution in [0.4, 0.5) is 0 Å². The first-order chi connectivity index (χ1) is 10.6. The third-order valence-electron chi connectivity index (χ3n) is 3.02. The minimum atomic E-state index is -0.636. The third kappa shape index (κ3) is 4.60. The average Bonchev–Trinajstić information content (AvgIpc) is 2.51. The molecule has 1 amide bonds. The molecule has 0 bridgehead atoms. The summed E-state index contributed by atoms with van der Waals surface area (Å²) in [6, 6.07) is 14.7. The van der Waals surface area contributed by atoms with Gasteiger partial charge in [-0.3, -0.25) is 4.79 Å². The number of hydrazone groups is 1. The lowest BCUT2D eigenvalue weighted by Gasteiger charge is -2.14. The van der Waals surface area contributed by atoms with Crippen molar-refractivity contribution in [3.05, 3.63) is 64.7 Å². The van der Waals surface area contributed by atoms with Gasteiger partial charge < -0.3 is 4.74 Å². The first-order valence-corrected chi connectivity index (χ1v) is 7.25. The molecule has 2 rings (SSSR count). The van der Waals surface area contributed by atoms with E-state index in [2.05, 4.69) is 10.5 Å². The summed E-state index contributed by atoms with van der Waals surface area (Å²) in [7, 11) is 0. The molecule has 0 saturated heterocycles. The van der Waals surface area contributed by atoms with Crippen molar-refractivity contribution in [2.24, 2.45) is 5.10 Å². The topological polar surface area (TPSA) is 50.7 Å². The molecule has 0 aliphatic carbocycles. The van der Waals surface area contributed by atoms with Crippen LogP contribution in [0.15, 0.2) is 53.6 Å². The first-order valence-electron chi connectivity index (χ1n) is 6.87. The van der Waals surface area contributed by atoms with Crippen molar-refractivity contribution >= 4 is 23.7 Å². The molecule has 0 heterocycles. The lowest BCUT2D eigenvalue weighted by Crippen LogP contribution is -2.33. The first kappa shape index (κ1) is 16.0. The second kappa shape index (κ2) is 7.61. The smallest absolute Gasteiger partial charge is 0.280 e. The Hall–Kier alpha value is -2.33. The van der Waals surface area contributed by atoms with E-state index >= 15 is 0 Å². The number of ether oxygens (including phenoxy) is 1. The summed E-state index contributed by atoms with van der Waals surface area (Å²) in [4.78, 5) is 11.9. The molecule has 0 fully saturated rings. The van der Waals surface area contributed by atoms with Crippen molar-refractivity contribution in [1.82, 2.24) is 5.43 Å². The molecule has 1 atom stereocenters. The lowest BCUT2D eigenvalue weighted by molar-refractivity contribution is -0.127. The number of nitrogens with zero attached hydrogens (tertiary/aromatic N) is 1. The van der Waals surface area contributed by atoms with Gasteiger partial charge in [-0.2, -0.15) is 5.10 Å². The van der Waals surface area contributed by atoms with Gasteiger partial charge in [0.1, 0.15) is 5.75 Å². The predicted molar refractivity (Wildman–Crippen MR) is 88.5 cm³/mol. The molecule has 0 aromatic heterocycles. The number of carbonyl (C=O) groups is 1. The highest BCUT2D eigenvalue weighted by molar-refractivity contribution is 6.30. The minimum absolute atomic E-state index is 0.312. The van der Waals surface area contributed by atoms with E-state index in [4.69, 9.17) is 16.3 Å². The normalized spacial score (nSPS) is 12.1. The van der Waals surface area contributed by atoms with Crippen LogP contribution in [0.1, 0.15) is 18.1 Å². The number of amides is 1. The van der Waals surface area contributed by atoms with Gasteiger partial charge in [0.05, 0.1) is 6.21 Å². The highest BCUT2D eigenvalue weighted by atomic mass is 35.5. The van der Waals surface area contributed by atoms with Crippen molar-refractivity contribution in [2.75, 3.05) is 0 Å². The van der Waals surface area contributed by atoms with Crippen molar-refractivity contribution in [3.63, 3.8) is 0 Å². The van der Waals surface area contributed by atoms with Crippen LogP contribution in [0.5, 0.6) is 5.75 Å². The number of para-hydroxylation sites is 1. The van der Waals surface area contributed by atoms with Crippen LogP contribution in [-0.2, 0) is 4.79 Å². The fourth-order valence-electron chi connectivity index (χ4n) is 1.74. The van der Waals surface area contributed by atoms with Gasteiger partial charge >= 0.3 is 0 Å². The van der Waals surface area contributed by atoms with Crippen LogP contribution in [0.25, 0.3) is 0 Å². The Morgan fingerprint density at radius 2 is 1.91 bits per heavy atom. The van der Waals surface area contributed by atoms with Crippen molar-refractivity contribution < 1.29 is 9.53 Å². The maximum Gasteiger partial charge on any atom is 0.280 e. The monoisotopic (exact) mass is 316 g/mol. The number of carbonyl (C=O) groups excluding carboxylic acids is 1. The molecule has 0 saturated carbocycles. The molecule has 0 aliphatic heterocycles. The summed E-state index contributed by atoms with van der Waals surface area (Å²) in [5, 5.41) is 4.56. The lowest BCUT2D eigenvalue weighted by atomic mass is 10.2. The summed E-state index contributed by atoms with van der Waals surface area (Å²) in [5.74, 6) is 0.375. The van der Waals surface area contributed by atoms with Gasteiger partial charge in [-0.25, -0.2) is 5.43 Å². The second-order valence-corrected chi connectivity index (χ2v) is 5.25. The van der Waals surface area contributed by atoms with E-state index in [1.165, 1.54) is 0 Å². The molecule has 2 aromatic carbocycles. The Labute approximate surface area is 134 Å². The SMILES string of the molecule is Cc1ccccc1OC(C)C(=O)N/N=C/c1ccc(Cl)cc1. The van der Waals surface area contributed by atoms with Crippen LogP contribution >= 0.6 is 11.6 Å². The zero-order chi connectivity index (χ0) is 15.9. The number of hydrogen-bond donors (Lipinski definition) is 1.